The van der Waals surface area contributed by atoms with E-state index in [1.807, 2.05) is 0 Å². The molecule has 1 aromatic heterocycles. The molecule has 0 amide bonds. The number of nitrogens with zero attached hydrogens (tertiary/aromatic N) is 1. The maximum Gasteiger partial charge on any atom is 0.357 e. The highest BCUT2D eigenvalue weighted by Gasteiger charge is 2.16. The maximum atomic E-state index is 11.4. The first-order valence-electron chi connectivity index (χ1n) is 5.03. The molecule has 1 aromatic rings. The van der Waals surface area contributed by atoms with E-state index in [0.717, 1.165) is 25.9 Å². The van der Waals surface area contributed by atoms with E-state index in [1.54, 1.807) is 10.9 Å². The van der Waals surface area contributed by atoms with Crippen LogP contribution < -0.4 is 0 Å². The highest BCUT2D eigenvalue weighted by Crippen LogP contribution is 2.15. The van der Waals surface area contributed by atoms with Crippen LogP contribution in [-0.4, -0.2) is 30.3 Å². The van der Waals surface area contributed by atoms with Crippen LogP contribution in [0.4, 0.5) is 0 Å². The SMILES string of the molecule is O=C(OCC[C@@H]1CCCO1)c1cscn1. The van der Waals surface area contributed by atoms with Gasteiger partial charge in [0.25, 0.3) is 0 Å². The Morgan fingerprint density at radius 3 is 3.33 bits per heavy atom. The third-order valence-corrected chi connectivity index (χ3v) is 2.92. The largest absolute Gasteiger partial charge is 0.461 e. The summed E-state index contributed by atoms with van der Waals surface area (Å²) in [4.78, 5) is 15.2. The lowest BCUT2D eigenvalue weighted by Gasteiger charge is -2.08. The first-order valence-corrected chi connectivity index (χ1v) is 5.97. The number of hydrogen-bond acceptors (Lipinski definition) is 5. The van der Waals surface area contributed by atoms with E-state index in [9.17, 15) is 4.79 Å². The number of esters is 1. The first kappa shape index (κ1) is 10.6. The molecule has 0 aromatic carbocycles. The summed E-state index contributed by atoms with van der Waals surface area (Å²) in [5, 5.41) is 1.69. The number of rotatable bonds is 4. The molecular formula is C10H13NO3S. The van der Waals surface area contributed by atoms with Crippen LogP contribution in [0.1, 0.15) is 29.8 Å². The van der Waals surface area contributed by atoms with Crippen LogP contribution in [0.5, 0.6) is 0 Å². The lowest BCUT2D eigenvalue weighted by atomic mass is 10.2. The molecule has 2 rings (SSSR count). The Bertz CT molecular complexity index is 306. The van der Waals surface area contributed by atoms with Crippen molar-refractivity contribution in [3.63, 3.8) is 0 Å². The molecule has 1 atom stereocenters. The number of carbonyl (C=O) groups excluding carboxylic acids is 1. The molecule has 2 heterocycles. The van der Waals surface area contributed by atoms with E-state index in [4.69, 9.17) is 9.47 Å². The summed E-state index contributed by atoms with van der Waals surface area (Å²) < 4.78 is 10.5. The summed E-state index contributed by atoms with van der Waals surface area (Å²) in [6.07, 6.45) is 3.25. The molecule has 1 aliphatic rings. The average molecular weight is 227 g/mol. The van der Waals surface area contributed by atoms with Crippen molar-refractivity contribution < 1.29 is 14.3 Å². The highest BCUT2D eigenvalue weighted by atomic mass is 32.1. The molecule has 82 valence electrons. The quantitative estimate of drug-likeness (QED) is 0.737. The Labute approximate surface area is 92.2 Å². The number of hydrogen-bond donors (Lipinski definition) is 0. The van der Waals surface area contributed by atoms with Crippen molar-refractivity contribution in [3.05, 3.63) is 16.6 Å². The van der Waals surface area contributed by atoms with Crippen LogP contribution in [0.3, 0.4) is 0 Å². The molecule has 1 fully saturated rings. The Balaban J connectivity index is 1.67. The first-order chi connectivity index (χ1) is 7.36. The Hall–Kier alpha value is -0.940. The van der Waals surface area contributed by atoms with Gasteiger partial charge in [0.2, 0.25) is 0 Å². The van der Waals surface area contributed by atoms with Gasteiger partial charge in [0.1, 0.15) is 0 Å². The van der Waals surface area contributed by atoms with Gasteiger partial charge in [0.15, 0.2) is 5.69 Å². The van der Waals surface area contributed by atoms with Crippen LogP contribution >= 0.6 is 11.3 Å². The molecule has 0 unspecified atom stereocenters. The number of ether oxygens (including phenoxy) is 2. The lowest BCUT2D eigenvalue weighted by Crippen LogP contribution is -2.13. The van der Waals surface area contributed by atoms with E-state index in [1.165, 1.54) is 11.3 Å². The van der Waals surface area contributed by atoms with Crippen LogP contribution in [0.15, 0.2) is 10.9 Å². The average Bonchev–Trinajstić information content (AvgIpc) is 2.90. The van der Waals surface area contributed by atoms with E-state index in [0.29, 0.717) is 12.3 Å². The molecule has 1 saturated heterocycles. The van der Waals surface area contributed by atoms with Crippen LogP contribution in [0, 0.1) is 0 Å². The summed E-state index contributed by atoms with van der Waals surface area (Å²) >= 11 is 1.39. The second kappa shape index (κ2) is 5.23. The Kier molecular flexibility index (Phi) is 3.69. The van der Waals surface area contributed by atoms with Crippen LogP contribution in [0.2, 0.25) is 0 Å². The minimum absolute atomic E-state index is 0.272. The zero-order chi connectivity index (χ0) is 10.5. The molecule has 0 radical (unpaired) electrons. The molecule has 5 heteroatoms. The van der Waals surface area contributed by atoms with Crippen molar-refractivity contribution in [2.75, 3.05) is 13.2 Å². The van der Waals surface area contributed by atoms with Crippen LogP contribution in [0.25, 0.3) is 0 Å². The van der Waals surface area contributed by atoms with Gasteiger partial charge in [-0.05, 0) is 12.8 Å². The van der Waals surface area contributed by atoms with E-state index >= 15 is 0 Å². The maximum absolute atomic E-state index is 11.4. The topological polar surface area (TPSA) is 48.4 Å². The van der Waals surface area contributed by atoms with Crippen molar-refractivity contribution in [1.29, 1.82) is 0 Å². The fourth-order valence-corrected chi connectivity index (χ4v) is 2.06. The summed E-state index contributed by atoms with van der Waals surface area (Å²) in [6, 6.07) is 0. The second-order valence-electron chi connectivity index (χ2n) is 3.43. The third kappa shape index (κ3) is 3.00. The zero-order valence-corrected chi connectivity index (χ0v) is 9.16. The third-order valence-electron chi connectivity index (χ3n) is 2.34. The van der Waals surface area contributed by atoms with Gasteiger partial charge < -0.3 is 9.47 Å². The van der Waals surface area contributed by atoms with Gasteiger partial charge in [0, 0.05) is 18.4 Å². The molecule has 0 spiro atoms. The molecule has 0 aliphatic carbocycles. The Morgan fingerprint density at radius 1 is 1.73 bits per heavy atom. The van der Waals surface area contributed by atoms with Crippen LogP contribution in [-0.2, 0) is 9.47 Å². The van der Waals surface area contributed by atoms with Crippen molar-refractivity contribution in [2.24, 2.45) is 0 Å². The minimum atomic E-state index is -0.339. The van der Waals surface area contributed by atoms with E-state index in [-0.39, 0.29) is 12.1 Å². The smallest absolute Gasteiger partial charge is 0.357 e. The van der Waals surface area contributed by atoms with Crippen molar-refractivity contribution in [1.82, 2.24) is 4.98 Å². The van der Waals surface area contributed by atoms with Gasteiger partial charge in [-0.2, -0.15) is 0 Å². The highest BCUT2D eigenvalue weighted by molar-refractivity contribution is 7.07. The summed E-state index contributed by atoms with van der Waals surface area (Å²) in [5.41, 5.74) is 2.02. The molecule has 15 heavy (non-hydrogen) atoms. The monoisotopic (exact) mass is 227 g/mol. The number of aromatic nitrogens is 1. The molecule has 0 N–H and O–H groups in total. The van der Waals surface area contributed by atoms with Gasteiger partial charge >= 0.3 is 5.97 Å². The zero-order valence-electron chi connectivity index (χ0n) is 8.35. The lowest BCUT2D eigenvalue weighted by molar-refractivity contribution is 0.0381. The molecule has 0 saturated carbocycles. The Morgan fingerprint density at radius 2 is 2.67 bits per heavy atom. The van der Waals surface area contributed by atoms with E-state index in [2.05, 4.69) is 4.98 Å². The van der Waals surface area contributed by atoms with Gasteiger partial charge in [-0.25, -0.2) is 9.78 Å². The van der Waals surface area contributed by atoms with Crippen molar-refractivity contribution in [2.45, 2.75) is 25.4 Å². The van der Waals surface area contributed by atoms with Crippen molar-refractivity contribution in [3.8, 4) is 0 Å². The van der Waals surface area contributed by atoms with Gasteiger partial charge in [-0.1, -0.05) is 0 Å². The molecule has 4 nitrogen and oxygen atoms in total. The van der Waals surface area contributed by atoms with E-state index < -0.39 is 0 Å². The van der Waals surface area contributed by atoms with Gasteiger partial charge in [-0.3, -0.25) is 0 Å². The molecule has 0 bridgehead atoms. The summed E-state index contributed by atoms with van der Waals surface area (Å²) in [6.45, 7) is 1.26. The second-order valence-corrected chi connectivity index (χ2v) is 4.15. The molecule has 1 aliphatic heterocycles. The normalized spacial score (nSPS) is 20.4. The number of thiazole rings is 1. The standard InChI is InChI=1S/C10H13NO3S/c12-10(9-6-15-7-11-9)14-5-3-8-2-1-4-13-8/h6-8H,1-5H2/t8-/m0/s1. The fraction of sp³-hybridized carbons (Fsp3) is 0.600. The molecular weight excluding hydrogens is 214 g/mol. The van der Waals surface area contributed by atoms with Gasteiger partial charge in [0.05, 0.1) is 18.2 Å². The summed E-state index contributed by atoms with van der Waals surface area (Å²) in [7, 11) is 0. The number of carbonyl (C=O) groups is 1. The van der Waals surface area contributed by atoms with Crippen molar-refractivity contribution >= 4 is 17.3 Å². The predicted molar refractivity (Wildman–Crippen MR) is 56.0 cm³/mol. The predicted octanol–water partition coefficient (Wildman–Crippen LogP) is 1.87. The summed E-state index contributed by atoms with van der Waals surface area (Å²) in [5.74, 6) is -0.339. The fourth-order valence-electron chi connectivity index (χ4n) is 1.54. The minimum Gasteiger partial charge on any atom is -0.461 e. The van der Waals surface area contributed by atoms with Gasteiger partial charge in [-0.15, -0.1) is 11.3 Å².